The van der Waals surface area contributed by atoms with E-state index >= 15 is 0 Å². The van der Waals surface area contributed by atoms with E-state index in [0.717, 1.165) is 16.5 Å². The van der Waals surface area contributed by atoms with Gasteiger partial charge in [0.05, 0.1) is 24.6 Å². The minimum Gasteiger partial charge on any atom is -0.480 e. The van der Waals surface area contributed by atoms with Crippen LogP contribution < -0.4 is 4.74 Å². The van der Waals surface area contributed by atoms with Crippen LogP contribution in [0.2, 0.25) is 0 Å². The Balaban J connectivity index is 2.53. The number of H-pyrrole nitrogens is 1. The van der Waals surface area contributed by atoms with Crippen LogP contribution in [0.1, 0.15) is 12.5 Å². The molecule has 0 fully saturated rings. The summed E-state index contributed by atoms with van der Waals surface area (Å²) in [7, 11) is 1.54. The van der Waals surface area contributed by atoms with E-state index in [4.69, 9.17) is 11.3 Å². The highest BCUT2D eigenvalue weighted by molar-refractivity contribution is 6.00. The minimum atomic E-state index is -0.246. The van der Waals surface area contributed by atoms with E-state index in [-0.39, 0.29) is 11.5 Å². The molecule has 0 saturated heterocycles. The third kappa shape index (κ3) is 2.09. The fourth-order valence-corrected chi connectivity index (χ4v) is 1.62. The average Bonchev–Trinajstić information content (AvgIpc) is 2.77. The molecule has 0 saturated carbocycles. The molecule has 0 radical (unpaired) electrons. The van der Waals surface area contributed by atoms with Crippen LogP contribution in [-0.4, -0.2) is 23.1 Å². The van der Waals surface area contributed by atoms with Crippen LogP contribution >= 0.6 is 0 Å². The number of methoxy groups -OCH3 is 1. The first-order valence-corrected chi connectivity index (χ1v) is 5.28. The monoisotopic (exact) mass is 241 g/mol. The van der Waals surface area contributed by atoms with Crippen LogP contribution in [0.4, 0.5) is 0 Å². The molecule has 5 heteroatoms. The predicted octanol–water partition coefficient (Wildman–Crippen LogP) is 2.42. The van der Waals surface area contributed by atoms with E-state index in [1.165, 1.54) is 14.0 Å². The summed E-state index contributed by atoms with van der Waals surface area (Å²) in [5, 5.41) is 7.65. The highest BCUT2D eigenvalue weighted by Gasteiger charge is 2.07. The van der Waals surface area contributed by atoms with Crippen molar-refractivity contribution in [3.8, 4) is 5.88 Å². The lowest BCUT2D eigenvalue weighted by molar-refractivity contribution is -0.113. The Morgan fingerprint density at radius 3 is 2.94 bits per heavy atom. The number of aromatic amines is 1. The van der Waals surface area contributed by atoms with Gasteiger partial charge in [0.1, 0.15) is 0 Å². The van der Waals surface area contributed by atoms with E-state index < -0.39 is 0 Å². The fraction of sp³-hybridized carbons (Fsp3) is 0.154. The molecular formula is C13H11N3O2. The molecule has 0 atom stereocenters. The van der Waals surface area contributed by atoms with E-state index in [1.54, 1.807) is 6.08 Å². The lowest BCUT2D eigenvalue weighted by Crippen LogP contribution is -1.90. The van der Waals surface area contributed by atoms with Gasteiger partial charge in [-0.25, -0.2) is 4.85 Å². The SMILES string of the molecule is [C-]#[N+]/C(=C\c1ccc2[nH]nc(OC)c2c1)C(C)=O. The van der Waals surface area contributed by atoms with Gasteiger partial charge >= 0.3 is 0 Å². The van der Waals surface area contributed by atoms with Gasteiger partial charge in [-0.1, -0.05) is 6.07 Å². The molecule has 0 amide bonds. The van der Waals surface area contributed by atoms with Crippen molar-refractivity contribution in [1.29, 1.82) is 0 Å². The number of carbonyl (C=O) groups is 1. The lowest BCUT2D eigenvalue weighted by atomic mass is 10.1. The van der Waals surface area contributed by atoms with Crippen molar-refractivity contribution >= 4 is 22.8 Å². The van der Waals surface area contributed by atoms with Gasteiger partial charge < -0.3 is 9.53 Å². The van der Waals surface area contributed by atoms with Crippen molar-refractivity contribution in [3.63, 3.8) is 0 Å². The summed E-state index contributed by atoms with van der Waals surface area (Å²) in [6.07, 6.45) is 1.56. The second-order valence-electron chi connectivity index (χ2n) is 3.74. The normalized spacial score (nSPS) is 11.3. The molecular weight excluding hydrogens is 230 g/mol. The number of fused-ring (bicyclic) bond motifs is 1. The number of ketones is 1. The zero-order valence-electron chi connectivity index (χ0n) is 10.0. The smallest absolute Gasteiger partial charge is 0.240 e. The van der Waals surface area contributed by atoms with Crippen LogP contribution in [0.3, 0.4) is 0 Å². The maximum absolute atomic E-state index is 11.2. The number of aromatic nitrogens is 2. The molecule has 18 heavy (non-hydrogen) atoms. The topological polar surface area (TPSA) is 59.3 Å². The Hall–Kier alpha value is -2.61. The van der Waals surface area contributed by atoms with Gasteiger partial charge in [0, 0.05) is 0 Å². The molecule has 1 heterocycles. The number of hydrogen-bond donors (Lipinski definition) is 1. The summed E-state index contributed by atoms with van der Waals surface area (Å²) in [5.41, 5.74) is 1.72. The second-order valence-corrected chi connectivity index (χ2v) is 3.74. The lowest BCUT2D eigenvalue weighted by Gasteiger charge is -1.97. The number of rotatable bonds is 3. The molecule has 0 aliphatic heterocycles. The summed E-state index contributed by atoms with van der Waals surface area (Å²) < 4.78 is 5.11. The van der Waals surface area contributed by atoms with Gasteiger partial charge in [0.15, 0.2) is 5.78 Å². The molecule has 5 nitrogen and oxygen atoms in total. The molecule has 0 spiro atoms. The number of carbonyl (C=O) groups excluding carboxylic acids is 1. The van der Waals surface area contributed by atoms with Gasteiger partial charge in [-0.05, 0) is 30.7 Å². The minimum absolute atomic E-state index is 0.108. The molecule has 1 aromatic heterocycles. The number of allylic oxidation sites excluding steroid dienone is 1. The van der Waals surface area contributed by atoms with Crippen molar-refractivity contribution in [3.05, 3.63) is 40.9 Å². The first-order valence-electron chi connectivity index (χ1n) is 5.28. The third-order valence-corrected chi connectivity index (χ3v) is 2.53. The van der Waals surface area contributed by atoms with E-state index in [1.807, 2.05) is 18.2 Å². The van der Waals surface area contributed by atoms with E-state index in [9.17, 15) is 4.79 Å². The second kappa shape index (κ2) is 4.72. The first kappa shape index (κ1) is 11.9. The van der Waals surface area contributed by atoms with E-state index in [2.05, 4.69) is 15.0 Å². The van der Waals surface area contributed by atoms with Crippen LogP contribution in [0.25, 0.3) is 21.8 Å². The van der Waals surface area contributed by atoms with Crippen LogP contribution in [0.15, 0.2) is 23.9 Å². The summed E-state index contributed by atoms with van der Waals surface area (Å²) in [4.78, 5) is 14.4. The summed E-state index contributed by atoms with van der Waals surface area (Å²) >= 11 is 0. The third-order valence-electron chi connectivity index (χ3n) is 2.53. The molecule has 2 aromatic rings. The fourth-order valence-electron chi connectivity index (χ4n) is 1.62. The van der Waals surface area contributed by atoms with Gasteiger partial charge in [0.25, 0.3) is 0 Å². The molecule has 0 aliphatic rings. The average molecular weight is 241 g/mol. The van der Waals surface area contributed by atoms with Crippen molar-refractivity contribution in [2.75, 3.05) is 7.11 Å². The quantitative estimate of drug-likeness (QED) is 0.663. The molecule has 90 valence electrons. The number of ether oxygens (including phenoxy) is 1. The number of hydrogen-bond acceptors (Lipinski definition) is 3. The van der Waals surface area contributed by atoms with Gasteiger partial charge in [-0.15, -0.1) is 5.10 Å². The summed E-state index contributed by atoms with van der Waals surface area (Å²) in [6, 6.07) is 5.47. The Kier molecular flexibility index (Phi) is 3.11. The molecule has 0 unspecified atom stereocenters. The maximum Gasteiger partial charge on any atom is 0.240 e. The molecule has 1 aromatic carbocycles. The van der Waals surface area contributed by atoms with Crippen LogP contribution in [-0.2, 0) is 4.79 Å². The van der Waals surface area contributed by atoms with Crippen molar-refractivity contribution in [2.45, 2.75) is 6.92 Å². The zero-order valence-corrected chi connectivity index (χ0v) is 10.0. The molecule has 0 aliphatic carbocycles. The van der Waals surface area contributed by atoms with Crippen molar-refractivity contribution in [2.24, 2.45) is 0 Å². The Labute approximate surface area is 104 Å². The van der Waals surface area contributed by atoms with Crippen LogP contribution in [0.5, 0.6) is 5.88 Å². The highest BCUT2D eigenvalue weighted by atomic mass is 16.5. The van der Waals surface area contributed by atoms with Gasteiger partial charge in [0.2, 0.25) is 11.6 Å². The molecule has 0 bridgehead atoms. The maximum atomic E-state index is 11.2. The Morgan fingerprint density at radius 2 is 2.33 bits per heavy atom. The van der Waals surface area contributed by atoms with Crippen molar-refractivity contribution in [1.82, 2.24) is 10.2 Å². The number of benzene rings is 1. The molecule has 2 rings (SSSR count). The molecule has 1 N–H and O–H groups in total. The highest BCUT2D eigenvalue weighted by Crippen LogP contribution is 2.24. The Morgan fingerprint density at radius 1 is 1.56 bits per heavy atom. The largest absolute Gasteiger partial charge is 0.480 e. The zero-order chi connectivity index (χ0) is 13.1. The standard InChI is InChI=1S/C13H11N3O2/c1-8(17)12(14-2)7-9-4-5-11-10(6-9)13(18-3)16-15-11/h4-7H,1,3H3,(H,15,16)/b12-7-. The van der Waals surface area contributed by atoms with E-state index in [0.29, 0.717) is 5.88 Å². The van der Waals surface area contributed by atoms with Gasteiger partial charge in [-0.2, -0.15) is 0 Å². The Bertz CT molecular complexity index is 677. The number of nitrogens with one attached hydrogen (secondary N) is 1. The van der Waals surface area contributed by atoms with Crippen molar-refractivity contribution < 1.29 is 9.53 Å². The van der Waals surface area contributed by atoms with Crippen LogP contribution in [0, 0.1) is 6.57 Å². The first-order chi connectivity index (χ1) is 8.65. The number of nitrogens with zero attached hydrogens (tertiary/aromatic N) is 2. The van der Waals surface area contributed by atoms with Gasteiger partial charge in [-0.3, -0.25) is 5.10 Å². The summed E-state index contributed by atoms with van der Waals surface area (Å²) in [6.45, 7) is 8.32. The summed E-state index contributed by atoms with van der Waals surface area (Å²) in [5.74, 6) is 0.247. The number of Topliss-reactive ketones (excluding diaryl/α,β-unsaturated/α-hetero) is 1. The predicted molar refractivity (Wildman–Crippen MR) is 67.9 cm³/mol.